The lowest BCUT2D eigenvalue weighted by molar-refractivity contribution is -0.145. The van der Waals surface area contributed by atoms with E-state index in [1.54, 1.807) is 18.2 Å². The molecular formula is C9H10O4. The summed E-state index contributed by atoms with van der Waals surface area (Å²) in [7, 11) is 2.55. The monoisotopic (exact) mass is 182 g/mol. The molecule has 0 aromatic heterocycles. The maximum atomic E-state index is 11.1. The number of hydrogen-bond donors (Lipinski definition) is 0. The maximum Gasteiger partial charge on any atom is 0.334 e. The van der Waals surface area contributed by atoms with Crippen molar-refractivity contribution in [3.8, 4) is 0 Å². The highest BCUT2D eigenvalue weighted by atomic mass is 16.5. The predicted octanol–water partition coefficient (Wildman–Crippen LogP) is 0.445. The minimum Gasteiger partial charge on any atom is -0.468 e. The molecule has 4 nitrogen and oxygen atoms in total. The van der Waals surface area contributed by atoms with E-state index < -0.39 is 17.9 Å². The van der Waals surface area contributed by atoms with Crippen LogP contribution in [0.4, 0.5) is 0 Å². The zero-order valence-electron chi connectivity index (χ0n) is 7.44. The summed E-state index contributed by atoms with van der Waals surface area (Å²) in [6.07, 6.45) is 4.78. The minimum atomic E-state index is -0.613. The van der Waals surface area contributed by atoms with Gasteiger partial charge in [0.25, 0.3) is 0 Å². The van der Waals surface area contributed by atoms with Gasteiger partial charge in [0.05, 0.1) is 19.8 Å². The van der Waals surface area contributed by atoms with Crippen molar-refractivity contribution in [3.05, 3.63) is 23.8 Å². The highest BCUT2D eigenvalue weighted by molar-refractivity contribution is 5.97. The third-order valence-corrected chi connectivity index (χ3v) is 1.79. The summed E-state index contributed by atoms with van der Waals surface area (Å²) in [5, 5.41) is 0. The Bertz CT molecular complexity index is 288. The number of carbonyl (C=O) groups is 2. The zero-order valence-corrected chi connectivity index (χ0v) is 7.44. The smallest absolute Gasteiger partial charge is 0.334 e. The van der Waals surface area contributed by atoms with Crippen LogP contribution in [0, 0.1) is 5.92 Å². The van der Waals surface area contributed by atoms with Crippen LogP contribution < -0.4 is 0 Å². The van der Waals surface area contributed by atoms with Crippen LogP contribution in [0.2, 0.25) is 0 Å². The molecule has 0 radical (unpaired) electrons. The molecule has 1 aliphatic rings. The first-order valence-electron chi connectivity index (χ1n) is 3.75. The SMILES string of the molecule is COC(=O)C1=CC=CC1C(=O)OC. The first-order valence-corrected chi connectivity index (χ1v) is 3.75. The Morgan fingerprint density at radius 1 is 1.31 bits per heavy atom. The van der Waals surface area contributed by atoms with Crippen molar-refractivity contribution < 1.29 is 19.1 Å². The molecule has 0 spiro atoms. The minimum absolute atomic E-state index is 0.314. The van der Waals surface area contributed by atoms with Gasteiger partial charge in [-0.1, -0.05) is 18.2 Å². The Balaban J connectivity index is 2.78. The van der Waals surface area contributed by atoms with Crippen molar-refractivity contribution >= 4 is 11.9 Å². The zero-order chi connectivity index (χ0) is 9.84. The standard InChI is InChI=1S/C9H10O4/c1-12-8(10)6-4-3-5-7(6)9(11)13-2/h3-6H,1-2H3. The Morgan fingerprint density at radius 3 is 2.54 bits per heavy atom. The highest BCUT2D eigenvalue weighted by Gasteiger charge is 2.28. The van der Waals surface area contributed by atoms with Crippen LogP contribution in [0.25, 0.3) is 0 Å². The van der Waals surface area contributed by atoms with Gasteiger partial charge in [0, 0.05) is 0 Å². The fourth-order valence-electron chi connectivity index (χ4n) is 1.12. The molecule has 1 atom stereocenters. The van der Waals surface area contributed by atoms with E-state index in [0.717, 1.165) is 0 Å². The Labute approximate surface area is 75.8 Å². The van der Waals surface area contributed by atoms with Crippen LogP contribution in [0.3, 0.4) is 0 Å². The number of carbonyl (C=O) groups excluding carboxylic acids is 2. The molecule has 0 saturated carbocycles. The van der Waals surface area contributed by atoms with E-state index in [2.05, 4.69) is 9.47 Å². The Kier molecular flexibility index (Phi) is 2.84. The molecule has 4 heteroatoms. The second kappa shape index (κ2) is 3.89. The largest absolute Gasteiger partial charge is 0.468 e. The molecule has 13 heavy (non-hydrogen) atoms. The number of hydrogen-bond acceptors (Lipinski definition) is 4. The normalized spacial score (nSPS) is 19.5. The number of allylic oxidation sites excluding steroid dienone is 2. The van der Waals surface area contributed by atoms with E-state index in [1.807, 2.05) is 0 Å². The van der Waals surface area contributed by atoms with Crippen molar-refractivity contribution in [2.24, 2.45) is 5.92 Å². The lowest BCUT2D eigenvalue weighted by Crippen LogP contribution is -2.20. The van der Waals surface area contributed by atoms with Gasteiger partial charge in [-0.2, -0.15) is 0 Å². The molecule has 0 aromatic carbocycles. The Morgan fingerprint density at radius 2 is 2.00 bits per heavy atom. The molecule has 0 heterocycles. The van der Waals surface area contributed by atoms with Crippen molar-refractivity contribution in [3.63, 3.8) is 0 Å². The second-order valence-corrected chi connectivity index (χ2v) is 2.50. The predicted molar refractivity (Wildman–Crippen MR) is 44.7 cm³/mol. The number of rotatable bonds is 2. The third kappa shape index (κ3) is 1.77. The fraction of sp³-hybridized carbons (Fsp3) is 0.333. The van der Waals surface area contributed by atoms with Gasteiger partial charge in [-0.15, -0.1) is 0 Å². The van der Waals surface area contributed by atoms with Crippen LogP contribution in [0.1, 0.15) is 0 Å². The van der Waals surface area contributed by atoms with Crippen LogP contribution >= 0.6 is 0 Å². The van der Waals surface area contributed by atoms with Gasteiger partial charge >= 0.3 is 11.9 Å². The van der Waals surface area contributed by atoms with E-state index in [4.69, 9.17) is 0 Å². The number of ether oxygens (including phenoxy) is 2. The quantitative estimate of drug-likeness (QED) is 0.581. The van der Waals surface area contributed by atoms with Gasteiger partial charge in [-0.3, -0.25) is 4.79 Å². The summed E-state index contributed by atoms with van der Waals surface area (Å²) < 4.78 is 9.02. The van der Waals surface area contributed by atoms with Crippen LogP contribution in [-0.2, 0) is 19.1 Å². The number of methoxy groups -OCH3 is 2. The average Bonchev–Trinajstić information content (AvgIpc) is 2.63. The lowest BCUT2D eigenvalue weighted by Gasteiger charge is -2.08. The summed E-state index contributed by atoms with van der Waals surface area (Å²) in [6.45, 7) is 0. The van der Waals surface area contributed by atoms with E-state index in [0.29, 0.717) is 5.57 Å². The second-order valence-electron chi connectivity index (χ2n) is 2.50. The molecule has 0 amide bonds. The molecule has 1 aliphatic carbocycles. The molecule has 0 bridgehead atoms. The molecule has 0 saturated heterocycles. The number of esters is 2. The molecule has 0 N–H and O–H groups in total. The van der Waals surface area contributed by atoms with Gasteiger partial charge < -0.3 is 9.47 Å². The van der Waals surface area contributed by atoms with Crippen LogP contribution in [-0.4, -0.2) is 26.2 Å². The fourth-order valence-corrected chi connectivity index (χ4v) is 1.12. The molecule has 1 unspecified atom stereocenters. The molecular weight excluding hydrogens is 172 g/mol. The van der Waals surface area contributed by atoms with E-state index in [1.165, 1.54) is 14.2 Å². The van der Waals surface area contributed by atoms with Crippen molar-refractivity contribution in [1.29, 1.82) is 0 Å². The van der Waals surface area contributed by atoms with Gasteiger partial charge in [0.15, 0.2) is 0 Å². The van der Waals surface area contributed by atoms with Crippen molar-refractivity contribution in [1.82, 2.24) is 0 Å². The summed E-state index contributed by atoms with van der Waals surface area (Å²) in [4.78, 5) is 22.2. The topological polar surface area (TPSA) is 52.6 Å². The summed E-state index contributed by atoms with van der Waals surface area (Å²) in [5.74, 6) is -1.57. The average molecular weight is 182 g/mol. The van der Waals surface area contributed by atoms with Crippen LogP contribution in [0.5, 0.6) is 0 Å². The third-order valence-electron chi connectivity index (χ3n) is 1.79. The Hall–Kier alpha value is -1.58. The molecule has 1 rings (SSSR count). The van der Waals surface area contributed by atoms with Gasteiger partial charge in [-0.05, 0) is 0 Å². The van der Waals surface area contributed by atoms with E-state index >= 15 is 0 Å². The van der Waals surface area contributed by atoms with Crippen molar-refractivity contribution in [2.45, 2.75) is 0 Å². The first kappa shape index (κ1) is 9.51. The summed E-state index contributed by atoms with van der Waals surface area (Å²) in [6, 6.07) is 0. The molecule has 70 valence electrons. The molecule has 0 fully saturated rings. The van der Waals surface area contributed by atoms with Gasteiger partial charge in [0.2, 0.25) is 0 Å². The van der Waals surface area contributed by atoms with E-state index in [-0.39, 0.29) is 0 Å². The lowest BCUT2D eigenvalue weighted by atomic mass is 10.0. The van der Waals surface area contributed by atoms with Gasteiger partial charge in [0.1, 0.15) is 5.92 Å². The molecule has 0 aromatic rings. The summed E-state index contributed by atoms with van der Waals surface area (Å²) in [5.41, 5.74) is 0.314. The maximum absolute atomic E-state index is 11.1. The molecule has 0 aliphatic heterocycles. The highest BCUT2D eigenvalue weighted by Crippen LogP contribution is 2.21. The van der Waals surface area contributed by atoms with E-state index in [9.17, 15) is 9.59 Å². The first-order chi connectivity index (χ1) is 6.20. The summed E-state index contributed by atoms with van der Waals surface area (Å²) >= 11 is 0. The van der Waals surface area contributed by atoms with Crippen LogP contribution in [0.15, 0.2) is 23.8 Å². The van der Waals surface area contributed by atoms with Crippen molar-refractivity contribution in [2.75, 3.05) is 14.2 Å². The van der Waals surface area contributed by atoms with Gasteiger partial charge in [-0.25, -0.2) is 4.79 Å².